The van der Waals surface area contributed by atoms with Gasteiger partial charge < -0.3 is 25.2 Å². The molecule has 74 valence electrons. The van der Waals surface area contributed by atoms with Crippen molar-refractivity contribution in [3.05, 3.63) is 24.0 Å². The van der Waals surface area contributed by atoms with Crippen LogP contribution in [0.1, 0.15) is 6.92 Å². The molecule has 4 N–H and O–H groups in total. The minimum absolute atomic E-state index is 0.339. The summed E-state index contributed by atoms with van der Waals surface area (Å²) in [5, 5.41) is 36.6. The van der Waals surface area contributed by atoms with Crippen molar-refractivity contribution in [3.63, 3.8) is 0 Å². The van der Waals surface area contributed by atoms with Gasteiger partial charge in [-0.05, 0) is 19.1 Å². The van der Waals surface area contributed by atoms with Crippen LogP contribution in [-0.4, -0.2) is 38.6 Å². The fourth-order valence-electron chi connectivity index (χ4n) is 1.05. The maximum Gasteiger partial charge on any atom is 0.217 e. The fraction of sp³-hybridized carbons (Fsp3) is 0.500. The molecule has 1 aliphatic rings. The van der Waals surface area contributed by atoms with Gasteiger partial charge in [-0.25, -0.2) is 0 Å². The smallest absolute Gasteiger partial charge is 0.217 e. The molecule has 0 aromatic rings. The number of hydrogen-bond donors (Lipinski definition) is 4. The molecule has 5 nitrogen and oxygen atoms in total. The summed E-state index contributed by atoms with van der Waals surface area (Å²) in [6.07, 6.45) is 1.07. The summed E-state index contributed by atoms with van der Waals surface area (Å²) < 4.78 is 4.70. The van der Waals surface area contributed by atoms with Crippen LogP contribution in [0.3, 0.4) is 0 Å². The highest BCUT2D eigenvalue weighted by Crippen LogP contribution is 2.23. The van der Waals surface area contributed by atoms with Gasteiger partial charge in [-0.2, -0.15) is 0 Å². The maximum absolute atomic E-state index is 9.29. The van der Waals surface area contributed by atoms with Gasteiger partial charge in [-0.1, -0.05) is 6.08 Å². The molecule has 0 heterocycles. The van der Waals surface area contributed by atoms with E-state index >= 15 is 0 Å². The molecule has 0 radical (unpaired) electrons. The second kappa shape index (κ2) is 3.47. The molecule has 2 unspecified atom stereocenters. The topological polar surface area (TPSA) is 90.2 Å². The zero-order chi connectivity index (χ0) is 10.1. The van der Waals surface area contributed by atoms with Crippen LogP contribution in [0.15, 0.2) is 24.0 Å². The van der Waals surface area contributed by atoms with Crippen molar-refractivity contribution in [1.82, 2.24) is 0 Å². The van der Waals surface area contributed by atoms with Crippen LogP contribution in [0.2, 0.25) is 0 Å². The first-order chi connectivity index (χ1) is 5.93. The lowest BCUT2D eigenvalue weighted by Gasteiger charge is -2.30. The van der Waals surface area contributed by atoms with Crippen LogP contribution in [0, 0.1) is 0 Å². The molecule has 1 rings (SSSR count). The lowest BCUT2D eigenvalue weighted by atomic mass is 10.0. The largest absolute Gasteiger partial charge is 0.509 e. The second-order valence-electron chi connectivity index (χ2n) is 2.85. The van der Waals surface area contributed by atoms with Gasteiger partial charge in [0.05, 0.1) is 0 Å². The Bertz CT molecular complexity index is 241. The maximum atomic E-state index is 9.29. The van der Waals surface area contributed by atoms with E-state index in [0.717, 1.165) is 6.08 Å². The van der Waals surface area contributed by atoms with Crippen LogP contribution < -0.4 is 0 Å². The standard InChI is InChI=1S/C8H12O5/c1-5(9)13-7-6(10)3-2-4-8(7,11)12/h2-5,7,9-12H,1H3. The van der Waals surface area contributed by atoms with Crippen LogP contribution in [0.25, 0.3) is 0 Å². The Balaban J connectivity index is 2.80. The molecule has 1 aliphatic carbocycles. The molecule has 0 amide bonds. The predicted molar refractivity (Wildman–Crippen MR) is 43.6 cm³/mol. The molecule has 0 saturated heterocycles. The number of allylic oxidation sites excluding steroid dienone is 2. The van der Waals surface area contributed by atoms with E-state index in [-0.39, 0.29) is 5.76 Å². The van der Waals surface area contributed by atoms with Gasteiger partial charge >= 0.3 is 0 Å². The second-order valence-corrected chi connectivity index (χ2v) is 2.85. The lowest BCUT2D eigenvalue weighted by Crippen LogP contribution is -2.46. The van der Waals surface area contributed by atoms with E-state index in [1.165, 1.54) is 19.1 Å². The first kappa shape index (κ1) is 10.2. The van der Waals surface area contributed by atoms with Crippen LogP contribution in [0.5, 0.6) is 0 Å². The van der Waals surface area contributed by atoms with Crippen molar-refractivity contribution in [2.24, 2.45) is 0 Å². The first-order valence-electron chi connectivity index (χ1n) is 3.80. The average molecular weight is 188 g/mol. The number of aliphatic hydroxyl groups is 4. The third kappa shape index (κ3) is 2.28. The van der Waals surface area contributed by atoms with E-state index in [1.54, 1.807) is 0 Å². The van der Waals surface area contributed by atoms with E-state index < -0.39 is 18.2 Å². The summed E-state index contributed by atoms with van der Waals surface area (Å²) in [4.78, 5) is 0. The Morgan fingerprint density at radius 3 is 2.62 bits per heavy atom. The highest BCUT2D eigenvalue weighted by molar-refractivity contribution is 5.23. The van der Waals surface area contributed by atoms with Crippen LogP contribution in [0.4, 0.5) is 0 Å². The fourth-order valence-corrected chi connectivity index (χ4v) is 1.05. The SMILES string of the molecule is CC(O)OC1C(O)=CC=CC1(O)O. The number of rotatable bonds is 2. The van der Waals surface area contributed by atoms with Gasteiger partial charge in [0, 0.05) is 0 Å². The van der Waals surface area contributed by atoms with Gasteiger partial charge in [-0.15, -0.1) is 0 Å². The van der Waals surface area contributed by atoms with Gasteiger partial charge in [0.25, 0.3) is 0 Å². The molecule has 0 fully saturated rings. The van der Waals surface area contributed by atoms with Gasteiger partial charge in [0.2, 0.25) is 5.79 Å². The minimum atomic E-state index is -2.28. The monoisotopic (exact) mass is 188 g/mol. The van der Waals surface area contributed by atoms with Crippen molar-refractivity contribution in [1.29, 1.82) is 0 Å². The van der Waals surface area contributed by atoms with Gasteiger partial charge in [0.1, 0.15) is 5.76 Å². The van der Waals surface area contributed by atoms with E-state index in [4.69, 9.17) is 9.84 Å². The Kier molecular flexibility index (Phi) is 2.72. The lowest BCUT2D eigenvalue weighted by molar-refractivity contribution is -0.241. The van der Waals surface area contributed by atoms with E-state index in [9.17, 15) is 15.3 Å². The van der Waals surface area contributed by atoms with E-state index in [1.807, 2.05) is 0 Å². The molecule has 0 bridgehead atoms. The molecule has 0 spiro atoms. The average Bonchev–Trinajstić information content (AvgIpc) is 1.96. The summed E-state index contributed by atoms with van der Waals surface area (Å²) in [6.45, 7) is 1.31. The zero-order valence-corrected chi connectivity index (χ0v) is 7.08. The normalized spacial score (nSPS) is 28.3. The number of ether oxygens (including phenoxy) is 1. The van der Waals surface area contributed by atoms with E-state index in [0.29, 0.717) is 0 Å². The molecule has 0 saturated carbocycles. The van der Waals surface area contributed by atoms with Crippen LogP contribution >= 0.6 is 0 Å². The van der Waals surface area contributed by atoms with Crippen molar-refractivity contribution >= 4 is 0 Å². The van der Waals surface area contributed by atoms with Crippen molar-refractivity contribution < 1.29 is 25.2 Å². The van der Waals surface area contributed by atoms with Crippen LogP contribution in [-0.2, 0) is 4.74 Å². The molecule has 5 heteroatoms. The summed E-state index contributed by atoms with van der Waals surface area (Å²) in [5.74, 6) is -2.62. The highest BCUT2D eigenvalue weighted by Gasteiger charge is 2.38. The summed E-state index contributed by atoms with van der Waals surface area (Å²) in [6, 6.07) is 0. The Labute approximate surface area is 75.2 Å². The zero-order valence-electron chi connectivity index (χ0n) is 7.08. The summed E-state index contributed by atoms with van der Waals surface area (Å²) in [7, 11) is 0. The number of aliphatic hydroxyl groups excluding tert-OH is 2. The van der Waals surface area contributed by atoms with Gasteiger partial charge in [-0.3, -0.25) is 0 Å². The Morgan fingerprint density at radius 1 is 1.54 bits per heavy atom. The predicted octanol–water partition coefficient (Wildman–Crippen LogP) is -0.598. The Morgan fingerprint density at radius 2 is 2.15 bits per heavy atom. The first-order valence-corrected chi connectivity index (χ1v) is 3.80. The quantitative estimate of drug-likeness (QED) is 0.434. The molecule has 2 atom stereocenters. The molecule has 0 aromatic heterocycles. The summed E-state index contributed by atoms with van der Waals surface area (Å²) in [5.41, 5.74) is 0. The van der Waals surface area contributed by atoms with Crippen molar-refractivity contribution in [2.75, 3.05) is 0 Å². The van der Waals surface area contributed by atoms with Crippen molar-refractivity contribution in [2.45, 2.75) is 25.1 Å². The summed E-state index contributed by atoms with van der Waals surface area (Å²) >= 11 is 0. The third-order valence-electron chi connectivity index (χ3n) is 1.60. The number of hydrogen-bond acceptors (Lipinski definition) is 5. The third-order valence-corrected chi connectivity index (χ3v) is 1.60. The molecule has 13 heavy (non-hydrogen) atoms. The minimum Gasteiger partial charge on any atom is -0.509 e. The van der Waals surface area contributed by atoms with E-state index in [2.05, 4.69) is 0 Å². The molecular formula is C8H12O5. The van der Waals surface area contributed by atoms with Crippen molar-refractivity contribution in [3.8, 4) is 0 Å². The molecule has 0 aliphatic heterocycles. The molecule has 0 aromatic carbocycles. The molecular weight excluding hydrogens is 176 g/mol. The van der Waals surface area contributed by atoms with Gasteiger partial charge in [0.15, 0.2) is 12.4 Å². The highest BCUT2D eigenvalue weighted by atomic mass is 16.6. The Hall–Kier alpha value is -0.880.